The summed E-state index contributed by atoms with van der Waals surface area (Å²) >= 11 is 0. The predicted octanol–water partition coefficient (Wildman–Crippen LogP) is 1.02. The van der Waals surface area contributed by atoms with E-state index in [-0.39, 0.29) is 11.9 Å². The third kappa shape index (κ3) is 4.93. The zero-order chi connectivity index (χ0) is 8.69. The van der Waals surface area contributed by atoms with Crippen molar-refractivity contribution in [1.82, 2.24) is 0 Å². The first kappa shape index (κ1) is 10.6. The van der Waals surface area contributed by atoms with Crippen molar-refractivity contribution in [3.8, 4) is 0 Å². The van der Waals surface area contributed by atoms with E-state index in [0.29, 0.717) is 13.0 Å². The molecule has 0 spiro atoms. The molecule has 1 atom stereocenters. The highest BCUT2D eigenvalue weighted by Gasteiger charge is 2.09. The van der Waals surface area contributed by atoms with Crippen LogP contribution in [0.5, 0.6) is 0 Å². The van der Waals surface area contributed by atoms with E-state index in [2.05, 4.69) is 0 Å². The number of hydrogen-bond donors (Lipinski definition) is 0. The molecule has 0 aromatic carbocycles. The predicted molar refractivity (Wildman–Crippen MR) is 42.6 cm³/mol. The lowest BCUT2D eigenvalue weighted by Crippen LogP contribution is -2.18. The molecular weight excluding hydrogens is 144 g/mol. The van der Waals surface area contributed by atoms with Gasteiger partial charge in [-0.3, -0.25) is 4.79 Å². The molecule has 0 aliphatic rings. The highest BCUT2D eigenvalue weighted by molar-refractivity contribution is 5.82. The Hall–Kier alpha value is -0.410. The van der Waals surface area contributed by atoms with Crippen molar-refractivity contribution < 1.29 is 14.3 Å². The maximum Gasteiger partial charge on any atom is 0.161 e. The Kier molecular flexibility index (Phi) is 6.07. The van der Waals surface area contributed by atoms with Crippen LogP contribution in [0.25, 0.3) is 0 Å². The molecule has 0 aromatic rings. The van der Waals surface area contributed by atoms with Crippen molar-refractivity contribution >= 4 is 5.78 Å². The van der Waals surface area contributed by atoms with Crippen molar-refractivity contribution in [3.05, 3.63) is 0 Å². The minimum Gasteiger partial charge on any atom is -0.385 e. The molecule has 0 aliphatic heterocycles. The van der Waals surface area contributed by atoms with Gasteiger partial charge >= 0.3 is 0 Å². The maximum atomic E-state index is 11.1. The second-order valence-corrected chi connectivity index (χ2v) is 2.44. The fraction of sp³-hybridized carbons (Fsp3) is 0.875. The summed E-state index contributed by atoms with van der Waals surface area (Å²) < 4.78 is 9.66. The van der Waals surface area contributed by atoms with E-state index < -0.39 is 0 Å². The molecule has 3 heteroatoms. The molecule has 0 heterocycles. The smallest absolute Gasteiger partial charge is 0.161 e. The van der Waals surface area contributed by atoms with Crippen LogP contribution in [0.3, 0.4) is 0 Å². The van der Waals surface area contributed by atoms with Gasteiger partial charge < -0.3 is 9.47 Å². The van der Waals surface area contributed by atoms with Gasteiger partial charge in [0.05, 0.1) is 0 Å². The Morgan fingerprint density at radius 1 is 1.45 bits per heavy atom. The van der Waals surface area contributed by atoms with Gasteiger partial charge in [-0.25, -0.2) is 0 Å². The normalized spacial score (nSPS) is 13.0. The largest absolute Gasteiger partial charge is 0.385 e. The molecule has 0 bridgehead atoms. The van der Waals surface area contributed by atoms with Gasteiger partial charge in [0, 0.05) is 27.2 Å². The van der Waals surface area contributed by atoms with Crippen molar-refractivity contribution in [2.24, 2.45) is 0 Å². The summed E-state index contributed by atoms with van der Waals surface area (Å²) in [4.78, 5) is 11.1. The number of ketones is 1. The van der Waals surface area contributed by atoms with Crippen molar-refractivity contribution in [2.75, 3.05) is 20.8 Å². The molecule has 0 saturated heterocycles. The average Bonchev–Trinajstić information content (AvgIpc) is 2.03. The van der Waals surface area contributed by atoms with Crippen molar-refractivity contribution in [2.45, 2.75) is 25.9 Å². The third-order valence-electron chi connectivity index (χ3n) is 1.58. The lowest BCUT2D eigenvalue weighted by Gasteiger charge is -2.06. The minimum atomic E-state index is -0.271. The Balaban J connectivity index is 3.36. The quantitative estimate of drug-likeness (QED) is 0.544. The lowest BCUT2D eigenvalue weighted by molar-refractivity contribution is -0.128. The molecule has 0 saturated carbocycles. The maximum absolute atomic E-state index is 11.1. The van der Waals surface area contributed by atoms with Gasteiger partial charge in [0.1, 0.15) is 6.10 Å². The zero-order valence-electron chi connectivity index (χ0n) is 7.42. The molecule has 0 fully saturated rings. The number of Topliss-reactive ketones (excluding diaryl/α,β-unsaturated/α-hetero) is 1. The summed E-state index contributed by atoms with van der Waals surface area (Å²) in [6.07, 6.45) is 1.05. The summed E-state index contributed by atoms with van der Waals surface area (Å²) in [5, 5.41) is 0. The second kappa shape index (κ2) is 6.31. The van der Waals surface area contributed by atoms with Crippen LogP contribution >= 0.6 is 0 Å². The number of ether oxygens (including phenoxy) is 2. The van der Waals surface area contributed by atoms with Gasteiger partial charge in [0.15, 0.2) is 5.78 Å². The number of carbonyl (C=O) groups excluding carboxylic acids is 1. The fourth-order valence-corrected chi connectivity index (χ4v) is 0.725. The van der Waals surface area contributed by atoms with Gasteiger partial charge in [-0.15, -0.1) is 0 Å². The molecule has 0 amide bonds. The van der Waals surface area contributed by atoms with Crippen molar-refractivity contribution in [1.29, 1.82) is 0 Å². The molecule has 0 aromatic heterocycles. The van der Waals surface area contributed by atoms with Crippen LogP contribution in [-0.2, 0) is 14.3 Å². The third-order valence-corrected chi connectivity index (χ3v) is 1.58. The summed E-state index contributed by atoms with van der Waals surface area (Å²) in [5.41, 5.74) is 0. The Morgan fingerprint density at radius 3 is 2.55 bits per heavy atom. The molecule has 3 nitrogen and oxygen atoms in total. The molecule has 0 N–H and O–H groups in total. The monoisotopic (exact) mass is 160 g/mol. The van der Waals surface area contributed by atoms with Crippen LogP contribution in [0.4, 0.5) is 0 Å². The van der Waals surface area contributed by atoms with Gasteiger partial charge in [0.2, 0.25) is 0 Å². The van der Waals surface area contributed by atoms with Gasteiger partial charge in [-0.1, -0.05) is 0 Å². The average molecular weight is 160 g/mol. The highest BCUT2D eigenvalue weighted by Crippen LogP contribution is 1.98. The first-order valence-corrected chi connectivity index (χ1v) is 3.76. The van der Waals surface area contributed by atoms with E-state index in [9.17, 15) is 4.79 Å². The number of methoxy groups -OCH3 is 2. The molecule has 0 rings (SSSR count). The van der Waals surface area contributed by atoms with E-state index in [1.165, 1.54) is 0 Å². The molecular formula is C8H16O3. The summed E-state index contributed by atoms with van der Waals surface area (Å²) in [6.45, 7) is 2.40. The topological polar surface area (TPSA) is 35.5 Å². The standard InChI is InChI=1S/C8H16O3/c1-7(11-3)8(9)5-4-6-10-2/h7H,4-6H2,1-3H3. The highest BCUT2D eigenvalue weighted by atomic mass is 16.5. The summed E-state index contributed by atoms with van der Waals surface area (Å²) in [7, 11) is 3.17. The van der Waals surface area contributed by atoms with E-state index in [1.54, 1.807) is 21.1 Å². The van der Waals surface area contributed by atoms with Crippen LogP contribution in [-0.4, -0.2) is 32.7 Å². The summed E-state index contributed by atoms with van der Waals surface area (Å²) in [6, 6.07) is 0. The minimum absolute atomic E-state index is 0.143. The molecule has 0 radical (unpaired) electrons. The first-order valence-electron chi connectivity index (χ1n) is 3.76. The Bertz CT molecular complexity index is 112. The number of hydrogen-bond acceptors (Lipinski definition) is 3. The van der Waals surface area contributed by atoms with Crippen LogP contribution in [0, 0.1) is 0 Å². The van der Waals surface area contributed by atoms with Crippen LogP contribution in [0.1, 0.15) is 19.8 Å². The molecule has 1 unspecified atom stereocenters. The Morgan fingerprint density at radius 2 is 2.09 bits per heavy atom. The summed E-state index contributed by atoms with van der Waals surface area (Å²) in [5.74, 6) is 0.143. The van der Waals surface area contributed by atoms with E-state index >= 15 is 0 Å². The number of rotatable bonds is 6. The Labute approximate surface area is 67.7 Å². The molecule has 66 valence electrons. The van der Waals surface area contributed by atoms with Crippen LogP contribution in [0.2, 0.25) is 0 Å². The van der Waals surface area contributed by atoms with Crippen molar-refractivity contribution in [3.63, 3.8) is 0 Å². The molecule has 0 aliphatic carbocycles. The van der Waals surface area contributed by atoms with E-state index in [4.69, 9.17) is 9.47 Å². The zero-order valence-corrected chi connectivity index (χ0v) is 7.42. The fourth-order valence-electron chi connectivity index (χ4n) is 0.725. The van der Waals surface area contributed by atoms with Crippen LogP contribution in [0.15, 0.2) is 0 Å². The van der Waals surface area contributed by atoms with Crippen LogP contribution < -0.4 is 0 Å². The van der Waals surface area contributed by atoms with Gasteiger partial charge in [-0.2, -0.15) is 0 Å². The SMILES string of the molecule is COCCCC(=O)C(C)OC. The molecule has 11 heavy (non-hydrogen) atoms. The van der Waals surface area contributed by atoms with Gasteiger partial charge in [0.25, 0.3) is 0 Å². The van der Waals surface area contributed by atoms with E-state index in [0.717, 1.165) is 6.42 Å². The van der Waals surface area contributed by atoms with E-state index in [1.807, 2.05) is 0 Å². The lowest BCUT2D eigenvalue weighted by atomic mass is 10.1. The second-order valence-electron chi connectivity index (χ2n) is 2.44. The van der Waals surface area contributed by atoms with Gasteiger partial charge in [-0.05, 0) is 13.3 Å². The number of carbonyl (C=O) groups is 1. The first-order chi connectivity index (χ1) is 5.22.